The molecule has 0 unspecified atom stereocenters. The van der Waals surface area contributed by atoms with Crippen molar-refractivity contribution in [3.8, 4) is 5.75 Å². The zero-order valence-corrected chi connectivity index (χ0v) is 23.5. The van der Waals surface area contributed by atoms with Gasteiger partial charge in [-0.3, -0.25) is 29.9 Å². The average molecular weight is 582 g/mol. The number of fused-ring (bicyclic) bond motifs is 4. The first-order valence-electron chi connectivity index (χ1n) is 14.0. The molecule has 4 amide bonds. The first-order chi connectivity index (χ1) is 20.2. The highest BCUT2D eigenvalue weighted by Crippen LogP contribution is 2.64. The van der Waals surface area contributed by atoms with E-state index in [1.165, 1.54) is 6.07 Å². The van der Waals surface area contributed by atoms with Crippen molar-refractivity contribution in [2.24, 2.45) is 23.7 Å². The molecule has 0 radical (unpaired) electrons. The number of aryl methyl sites for hydroxylation is 1. The maximum atomic E-state index is 14.9. The predicted molar refractivity (Wildman–Crippen MR) is 155 cm³/mol. The third kappa shape index (κ3) is 3.67. The number of nitrogens with one attached hydrogen (secondary N) is 2. The molecule has 3 N–H and O–H groups in total. The molecular weight excluding hydrogens is 554 g/mol. The van der Waals surface area contributed by atoms with Gasteiger partial charge in [-0.1, -0.05) is 71.3 Å². The van der Waals surface area contributed by atoms with Crippen LogP contribution < -0.4 is 10.7 Å². The van der Waals surface area contributed by atoms with Crippen molar-refractivity contribution in [1.82, 2.24) is 10.3 Å². The number of imide groups is 2. The zero-order valence-electron chi connectivity index (χ0n) is 22.7. The Kier molecular flexibility index (Phi) is 6.02. The molecule has 7 rings (SSSR count). The number of allylic oxidation sites excluding steroid dienone is 2. The van der Waals surface area contributed by atoms with E-state index >= 15 is 0 Å². The molecule has 6 atom stereocenters. The first-order valence-corrected chi connectivity index (χ1v) is 14.4. The van der Waals surface area contributed by atoms with Gasteiger partial charge in [0.15, 0.2) is 0 Å². The van der Waals surface area contributed by atoms with Gasteiger partial charge >= 0.3 is 0 Å². The largest absolute Gasteiger partial charge is 0.508 e. The summed E-state index contributed by atoms with van der Waals surface area (Å²) >= 11 is 6.48. The van der Waals surface area contributed by atoms with E-state index in [1.807, 2.05) is 55.5 Å². The summed E-state index contributed by atoms with van der Waals surface area (Å²) in [6, 6.07) is 21.2. The van der Waals surface area contributed by atoms with Crippen molar-refractivity contribution in [3.63, 3.8) is 0 Å². The highest BCUT2D eigenvalue weighted by molar-refractivity contribution is 6.30. The minimum atomic E-state index is -1.45. The van der Waals surface area contributed by atoms with Gasteiger partial charge in [-0.05, 0) is 61.6 Å². The van der Waals surface area contributed by atoms with Gasteiger partial charge in [-0.25, -0.2) is 0 Å². The minimum absolute atomic E-state index is 0.0701. The Labute approximate surface area is 247 Å². The molecule has 3 aromatic carbocycles. The second kappa shape index (κ2) is 9.56. The number of anilines is 1. The minimum Gasteiger partial charge on any atom is -0.508 e. The van der Waals surface area contributed by atoms with Crippen LogP contribution in [-0.2, 0) is 24.6 Å². The smallest absolute Gasteiger partial charge is 0.260 e. The van der Waals surface area contributed by atoms with Gasteiger partial charge in [-0.15, -0.1) is 0 Å². The highest BCUT2D eigenvalue weighted by atomic mass is 35.5. The van der Waals surface area contributed by atoms with E-state index in [1.54, 1.807) is 24.3 Å². The third-order valence-corrected chi connectivity index (χ3v) is 9.77. The maximum absolute atomic E-state index is 14.9. The van der Waals surface area contributed by atoms with Crippen molar-refractivity contribution in [2.75, 3.05) is 5.43 Å². The van der Waals surface area contributed by atoms with Crippen LogP contribution in [0.2, 0.25) is 5.02 Å². The average Bonchev–Trinajstić information content (AvgIpc) is 3.40. The number of phenolic OH excluding ortho intramolecular Hbond substituents is 1. The van der Waals surface area contributed by atoms with E-state index in [2.05, 4.69) is 10.7 Å². The molecular formula is C33H28ClN3O5. The molecule has 0 bridgehead atoms. The van der Waals surface area contributed by atoms with Crippen LogP contribution in [0.1, 0.15) is 35.4 Å². The van der Waals surface area contributed by atoms with Gasteiger partial charge in [0.1, 0.15) is 5.75 Å². The summed E-state index contributed by atoms with van der Waals surface area (Å²) < 4.78 is 0. The summed E-state index contributed by atoms with van der Waals surface area (Å²) in [5.41, 5.74) is 4.98. The standard InChI is InChI=1S/C33H28ClN3O5/c1-17-7-10-20(11-8-17)36-37-31(41)25-16-23-21(12-13-22-27(23)30(40)35-29(22)39)28(24-15-19(34)9-14-26(24)38)33(25,32(37)42)18-5-3-2-4-6-18/h2-12,14-15,22-23,25,27-28,36,38H,13,16H2,1H3,(H,35,39,40)/t22-,23+,25-,27-,28+,33+/m0/s1. The molecule has 212 valence electrons. The first kappa shape index (κ1) is 26.5. The summed E-state index contributed by atoms with van der Waals surface area (Å²) in [5.74, 6) is -5.06. The van der Waals surface area contributed by atoms with E-state index in [9.17, 15) is 24.3 Å². The predicted octanol–water partition coefficient (Wildman–Crippen LogP) is 4.63. The molecule has 3 aromatic rings. The number of carbonyl (C=O) groups is 4. The molecule has 0 spiro atoms. The number of nitrogens with zero attached hydrogens (tertiary/aromatic N) is 1. The number of phenols is 1. The molecule has 2 saturated heterocycles. The lowest BCUT2D eigenvalue weighted by molar-refractivity contribution is -0.138. The SMILES string of the molecule is Cc1ccc(NN2C(=O)[C@@H]3C[C@@H]4C(=CC[C@@H]5C(=O)NC(=O)[C@@H]54)[C@H](c4cc(Cl)ccc4O)[C@]3(c3ccccc3)C2=O)cc1. The Bertz CT molecular complexity index is 1690. The summed E-state index contributed by atoms with van der Waals surface area (Å²) in [6.45, 7) is 1.95. The molecule has 1 saturated carbocycles. The number of carbonyl (C=O) groups excluding carboxylic acids is 4. The van der Waals surface area contributed by atoms with Crippen LogP contribution in [0.5, 0.6) is 5.75 Å². The Morgan fingerprint density at radius 2 is 1.69 bits per heavy atom. The number of hydrogen-bond acceptors (Lipinski definition) is 6. The van der Waals surface area contributed by atoms with Crippen molar-refractivity contribution in [3.05, 3.63) is 106 Å². The van der Waals surface area contributed by atoms with Gasteiger partial charge in [0.05, 0.1) is 28.9 Å². The second-order valence-corrected chi connectivity index (χ2v) is 12.1. The lowest BCUT2D eigenvalue weighted by Crippen LogP contribution is -2.53. The Balaban J connectivity index is 1.48. The molecule has 4 aliphatic rings. The summed E-state index contributed by atoms with van der Waals surface area (Å²) in [6.07, 6.45) is 2.44. The molecule has 9 heteroatoms. The fourth-order valence-corrected chi connectivity index (χ4v) is 7.94. The van der Waals surface area contributed by atoms with Crippen LogP contribution in [0.15, 0.2) is 84.4 Å². The number of amides is 4. The van der Waals surface area contributed by atoms with Crippen LogP contribution in [0.4, 0.5) is 5.69 Å². The molecule has 2 heterocycles. The van der Waals surface area contributed by atoms with Crippen LogP contribution in [0, 0.1) is 30.6 Å². The maximum Gasteiger partial charge on any atom is 0.260 e. The summed E-state index contributed by atoms with van der Waals surface area (Å²) in [7, 11) is 0. The Morgan fingerprint density at radius 3 is 2.43 bits per heavy atom. The number of rotatable bonds is 4. The van der Waals surface area contributed by atoms with Crippen LogP contribution >= 0.6 is 11.6 Å². The summed E-state index contributed by atoms with van der Waals surface area (Å²) in [4.78, 5) is 55.2. The zero-order chi connectivity index (χ0) is 29.3. The normalized spacial score (nSPS) is 29.9. The number of benzene rings is 3. The van der Waals surface area contributed by atoms with Gasteiger partial charge < -0.3 is 5.11 Å². The molecule has 0 aromatic heterocycles. The van der Waals surface area contributed by atoms with Crippen molar-refractivity contribution < 1.29 is 24.3 Å². The van der Waals surface area contributed by atoms with E-state index in [-0.39, 0.29) is 24.0 Å². The third-order valence-electron chi connectivity index (χ3n) is 9.54. The number of aromatic hydroxyl groups is 1. The lowest BCUT2D eigenvalue weighted by Gasteiger charge is -2.50. The lowest BCUT2D eigenvalue weighted by atomic mass is 9.49. The molecule has 42 heavy (non-hydrogen) atoms. The van der Waals surface area contributed by atoms with E-state index < -0.39 is 46.8 Å². The number of hydrogen-bond donors (Lipinski definition) is 3. The molecule has 2 aliphatic heterocycles. The summed E-state index contributed by atoms with van der Waals surface area (Å²) in [5, 5.41) is 15.2. The van der Waals surface area contributed by atoms with E-state index in [4.69, 9.17) is 11.6 Å². The van der Waals surface area contributed by atoms with Gasteiger partial charge in [0, 0.05) is 16.5 Å². The van der Waals surface area contributed by atoms with E-state index in [0.717, 1.165) is 16.1 Å². The van der Waals surface area contributed by atoms with Gasteiger partial charge in [0.2, 0.25) is 11.8 Å². The van der Waals surface area contributed by atoms with Gasteiger partial charge in [0.25, 0.3) is 11.8 Å². The molecule has 2 aliphatic carbocycles. The molecule has 3 fully saturated rings. The Morgan fingerprint density at radius 1 is 0.952 bits per heavy atom. The van der Waals surface area contributed by atoms with Crippen molar-refractivity contribution in [1.29, 1.82) is 0 Å². The van der Waals surface area contributed by atoms with Crippen molar-refractivity contribution in [2.45, 2.75) is 31.1 Å². The van der Waals surface area contributed by atoms with Crippen LogP contribution in [0.3, 0.4) is 0 Å². The van der Waals surface area contributed by atoms with Gasteiger partial charge in [-0.2, -0.15) is 5.01 Å². The highest BCUT2D eigenvalue weighted by Gasteiger charge is 2.70. The van der Waals surface area contributed by atoms with Crippen molar-refractivity contribution >= 4 is 40.9 Å². The number of hydrazine groups is 1. The Hall–Kier alpha value is -4.43. The van der Waals surface area contributed by atoms with E-state index in [0.29, 0.717) is 28.3 Å². The monoisotopic (exact) mass is 581 g/mol. The topological polar surface area (TPSA) is 116 Å². The fourth-order valence-electron chi connectivity index (χ4n) is 7.76. The second-order valence-electron chi connectivity index (χ2n) is 11.6. The van der Waals surface area contributed by atoms with Crippen LogP contribution in [-0.4, -0.2) is 33.7 Å². The van der Waals surface area contributed by atoms with Crippen LogP contribution in [0.25, 0.3) is 0 Å². The fraction of sp³-hybridized carbons (Fsp3) is 0.273. The molecule has 8 nitrogen and oxygen atoms in total. The number of halogens is 1. The quantitative estimate of drug-likeness (QED) is 0.306.